The molecule has 0 atom stereocenters. The van der Waals surface area contributed by atoms with Crippen molar-refractivity contribution in [1.82, 2.24) is 15.2 Å². The van der Waals surface area contributed by atoms with E-state index in [4.69, 9.17) is 4.74 Å². The molecule has 2 aromatic carbocycles. The summed E-state index contributed by atoms with van der Waals surface area (Å²) in [7, 11) is 1.62. The molecule has 0 aliphatic heterocycles. The maximum atomic E-state index is 12.1. The van der Waals surface area contributed by atoms with Crippen LogP contribution in [-0.4, -0.2) is 34.1 Å². The zero-order valence-electron chi connectivity index (χ0n) is 16.3. The van der Waals surface area contributed by atoms with Crippen molar-refractivity contribution >= 4 is 28.1 Å². The van der Waals surface area contributed by atoms with Crippen molar-refractivity contribution in [2.45, 2.75) is 20.4 Å². The summed E-state index contributed by atoms with van der Waals surface area (Å²) in [6.45, 7) is 4.48. The van der Waals surface area contributed by atoms with Crippen molar-refractivity contribution in [2.75, 3.05) is 7.11 Å². The van der Waals surface area contributed by atoms with E-state index in [1.807, 2.05) is 36.7 Å². The summed E-state index contributed by atoms with van der Waals surface area (Å²) in [4.78, 5) is 12.1. The molecule has 3 rings (SSSR count). The fourth-order valence-corrected chi connectivity index (χ4v) is 3.17. The van der Waals surface area contributed by atoms with E-state index in [9.17, 15) is 9.90 Å². The van der Waals surface area contributed by atoms with Gasteiger partial charge in [0, 0.05) is 5.56 Å². The summed E-state index contributed by atoms with van der Waals surface area (Å²) in [6, 6.07) is 11.9. The van der Waals surface area contributed by atoms with Gasteiger partial charge in [0.25, 0.3) is 5.91 Å². The molecule has 150 valence electrons. The zero-order valence-corrected chi connectivity index (χ0v) is 17.9. The van der Waals surface area contributed by atoms with Gasteiger partial charge in [-0.25, -0.2) is 5.43 Å². The number of halogens is 1. The van der Waals surface area contributed by atoms with Crippen molar-refractivity contribution in [3.05, 3.63) is 75.0 Å². The monoisotopic (exact) mass is 456 g/mol. The van der Waals surface area contributed by atoms with Gasteiger partial charge < -0.3 is 9.84 Å². The Kier molecular flexibility index (Phi) is 6.33. The van der Waals surface area contributed by atoms with Crippen LogP contribution in [0.25, 0.3) is 0 Å². The summed E-state index contributed by atoms with van der Waals surface area (Å²) in [5, 5.41) is 18.3. The lowest BCUT2D eigenvalue weighted by Crippen LogP contribution is -2.17. The van der Waals surface area contributed by atoms with Crippen molar-refractivity contribution in [1.29, 1.82) is 0 Å². The number of carbonyl (C=O) groups excluding carboxylic acids is 1. The minimum absolute atomic E-state index is 0.0945. The van der Waals surface area contributed by atoms with Gasteiger partial charge in [-0.2, -0.15) is 10.2 Å². The first-order valence-electron chi connectivity index (χ1n) is 8.88. The van der Waals surface area contributed by atoms with Crippen molar-refractivity contribution in [3.8, 4) is 11.5 Å². The predicted molar refractivity (Wildman–Crippen MR) is 115 cm³/mol. The number of phenolic OH excluding ortho intramolecular Hbond substituents is 1. The first-order valence-corrected chi connectivity index (χ1v) is 9.67. The first-order chi connectivity index (χ1) is 13.9. The van der Waals surface area contributed by atoms with Gasteiger partial charge in [-0.15, -0.1) is 0 Å². The van der Waals surface area contributed by atoms with Crippen molar-refractivity contribution in [2.24, 2.45) is 5.10 Å². The first kappa shape index (κ1) is 20.6. The molecule has 3 aromatic rings. The molecule has 0 saturated carbocycles. The number of hydrazone groups is 1. The molecule has 7 nitrogen and oxygen atoms in total. The van der Waals surface area contributed by atoms with Gasteiger partial charge in [-0.05, 0) is 65.7 Å². The quantitative estimate of drug-likeness (QED) is 0.436. The van der Waals surface area contributed by atoms with Gasteiger partial charge in [0.15, 0.2) is 0 Å². The van der Waals surface area contributed by atoms with Crippen LogP contribution >= 0.6 is 15.9 Å². The zero-order chi connectivity index (χ0) is 21.0. The molecule has 1 heterocycles. The molecular formula is C21H21BrN4O3. The number of rotatable bonds is 6. The molecule has 29 heavy (non-hydrogen) atoms. The van der Waals surface area contributed by atoms with Crippen molar-refractivity contribution in [3.63, 3.8) is 0 Å². The van der Waals surface area contributed by atoms with E-state index in [-0.39, 0.29) is 11.3 Å². The van der Waals surface area contributed by atoms with E-state index in [0.717, 1.165) is 32.7 Å². The van der Waals surface area contributed by atoms with Crippen LogP contribution in [0.5, 0.6) is 11.5 Å². The smallest absolute Gasteiger partial charge is 0.275 e. The number of amides is 1. The second-order valence-corrected chi connectivity index (χ2v) is 7.22. The highest BCUT2D eigenvalue weighted by molar-refractivity contribution is 9.10. The number of nitrogens with one attached hydrogen (secondary N) is 1. The summed E-state index contributed by atoms with van der Waals surface area (Å²) in [5.41, 5.74) is 6.26. The lowest BCUT2D eigenvalue weighted by atomic mass is 10.1. The number of ether oxygens (including phenoxy) is 1. The van der Waals surface area contributed by atoms with Crippen LogP contribution in [0.15, 0.2) is 52.0 Å². The fraction of sp³-hybridized carbons (Fsp3) is 0.190. The highest BCUT2D eigenvalue weighted by Gasteiger charge is 2.12. The molecule has 0 aliphatic rings. The Morgan fingerprint density at radius 1 is 1.31 bits per heavy atom. The molecule has 0 fully saturated rings. The Hall–Kier alpha value is -3.13. The second kappa shape index (κ2) is 8.91. The maximum absolute atomic E-state index is 12.1. The SMILES string of the molecule is COc1ccc(/C=N\NC(=O)c2ccccc2O)cc1Cn1nc(C)c(Br)c1C. The molecule has 0 saturated heterocycles. The second-order valence-electron chi connectivity index (χ2n) is 6.43. The van der Waals surface area contributed by atoms with Crippen LogP contribution in [0.1, 0.15) is 32.9 Å². The number of methoxy groups -OCH3 is 1. The number of hydrogen-bond acceptors (Lipinski definition) is 5. The fourth-order valence-electron chi connectivity index (χ4n) is 2.88. The normalized spacial score (nSPS) is 11.0. The van der Waals surface area contributed by atoms with E-state index >= 15 is 0 Å². The summed E-state index contributed by atoms with van der Waals surface area (Å²) in [5.74, 6) is 0.160. The number of aromatic hydroxyl groups is 1. The van der Waals surface area contributed by atoms with E-state index in [1.54, 1.807) is 19.2 Å². The van der Waals surface area contributed by atoms with Gasteiger partial charge in [0.1, 0.15) is 11.5 Å². The van der Waals surface area contributed by atoms with E-state index in [1.165, 1.54) is 18.3 Å². The molecule has 0 radical (unpaired) electrons. The molecule has 0 bridgehead atoms. The number of phenols is 1. The van der Waals surface area contributed by atoms with E-state index in [2.05, 4.69) is 31.6 Å². The van der Waals surface area contributed by atoms with Gasteiger partial charge in [0.2, 0.25) is 0 Å². The molecule has 0 aliphatic carbocycles. The lowest BCUT2D eigenvalue weighted by Gasteiger charge is -2.11. The van der Waals surface area contributed by atoms with Gasteiger partial charge in [-0.3, -0.25) is 9.48 Å². The minimum atomic E-state index is -0.486. The third-order valence-electron chi connectivity index (χ3n) is 4.45. The molecule has 2 N–H and O–H groups in total. The Bertz CT molecular complexity index is 1080. The minimum Gasteiger partial charge on any atom is -0.507 e. The van der Waals surface area contributed by atoms with Crippen LogP contribution in [0, 0.1) is 13.8 Å². The number of aryl methyl sites for hydroxylation is 1. The number of benzene rings is 2. The number of carbonyl (C=O) groups is 1. The molecule has 0 unspecified atom stereocenters. The highest BCUT2D eigenvalue weighted by Crippen LogP contribution is 2.24. The van der Waals surface area contributed by atoms with Gasteiger partial charge >= 0.3 is 0 Å². The van der Waals surface area contributed by atoms with E-state index in [0.29, 0.717) is 6.54 Å². The van der Waals surface area contributed by atoms with Crippen LogP contribution in [0.4, 0.5) is 0 Å². The van der Waals surface area contributed by atoms with Crippen molar-refractivity contribution < 1.29 is 14.6 Å². The molecule has 1 aromatic heterocycles. The highest BCUT2D eigenvalue weighted by atomic mass is 79.9. The van der Waals surface area contributed by atoms with Crippen LogP contribution in [0.3, 0.4) is 0 Å². The van der Waals surface area contributed by atoms with E-state index < -0.39 is 5.91 Å². The van der Waals surface area contributed by atoms with Crippen LogP contribution < -0.4 is 10.2 Å². The third-order valence-corrected chi connectivity index (χ3v) is 5.59. The number of aromatic nitrogens is 2. The number of para-hydroxylation sites is 1. The largest absolute Gasteiger partial charge is 0.507 e. The number of nitrogens with zero attached hydrogens (tertiary/aromatic N) is 3. The Labute approximate surface area is 177 Å². The average molecular weight is 457 g/mol. The predicted octanol–water partition coefficient (Wildman–Crippen LogP) is 3.79. The van der Waals surface area contributed by atoms with Crippen LogP contribution in [-0.2, 0) is 6.54 Å². The summed E-state index contributed by atoms with van der Waals surface area (Å²) >= 11 is 3.54. The standard InChI is InChI=1S/C21H21BrN4O3/c1-13-20(22)14(2)26(25-13)12-16-10-15(8-9-19(16)29-3)11-23-24-21(28)17-6-4-5-7-18(17)27/h4-11,27H,12H2,1-3H3,(H,24,28)/b23-11-. The molecule has 8 heteroatoms. The summed E-state index contributed by atoms with van der Waals surface area (Å²) < 4.78 is 8.36. The molecule has 1 amide bonds. The lowest BCUT2D eigenvalue weighted by molar-refractivity contribution is 0.0952. The third kappa shape index (κ3) is 4.65. The Balaban J connectivity index is 1.77. The molecular weight excluding hydrogens is 436 g/mol. The Morgan fingerprint density at radius 2 is 2.07 bits per heavy atom. The summed E-state index contributed by atoms with van der Waals surface area (Å²) in [6.07, 6.45) is 1.54. The number of hydrogen-bond donors (Lipinski definition) is 2. The van der Waals surface area contributed by atoms with Gasteiger partial charge in [0.05, 0.1) is 41.3 Å². The van der Waals surface area contributed by atoms with Gasteiger partial charge in [-0.1, -0.05) is 12.1 Å². The maximum Gasteiger partial charge on any atom is 0.275 e. The van der Waals surface area contributed by atoms with Crippen LogP contribution in [0.2, 0.25) is 0 Å². The Morgan fingerprint density at radius 3 is 2.72 bits per heavy atom. The topological polar surface area (TPSA) is 88.7 Å². The average Bonchev–Trinajstić information content (AvgIpc) is 2.95. The molecule has 0 spiro atoms.